The van der Waals surface area contributed by atoms with Gasteiger partial charge in [0.05, 0.1) is 0 Å². The van der Waals surface area contributed by atoms with E-state index in [4.69, 9.17) is 14.2 Å². The van der Waals surface area contributed by atoms with E-state index in [1.54, 1.807) is 0 Å². The predicted octanol–water partition coefficient (Wildman–Crippen LogP) is 21.8. The molecule has 0 aromatic rings. The molecule has 0 amide bonds. The molecule has 0 bridgehead atoms. The Morgan fingerprint density at radius 2 is 0.506 bits per heavy atom. The van der Waals surface area contributed by atoms with Crippen molar-refractivity contribution in [1.29, 1.82) is 0 Å². The Kier molecular flexibility index (Phi) is 60.4. The summed E-state index contributed by atoms with van der Waals surface area (Å²) in [5.74, 6) is -0.947. The van der Waals surface area contributed by atoms with Crippen molar-refractivity contribution in [3.8, 4) is 0 Å². The lowest BCUT2D eigenvalue weighted by Gasteiger charge is -2.18. The van der Waals surface area contributed by atoms with Gasteiger partial charge in [-0.3, -0.25) is 14.4 Å². The number of esters is 3. The van der Waals surface area contributed by atoms with Gasteiger partial charge in [0.1, 0.15) is 13.2 Å². The fourth-order valence-corrected chi connectivity index (χ4v) is 8.41. The third-order valence-corrected chi connectivity index (χ3v) is 13.1. The smallest absolute Gasteiger partial charge is 0.306 e. The molecule has 0 N–H and O–H groups in total. The lowest BCUT2D eigenvalue weighted by molar-refractivity contribution is -0.167. The van der Waals surface area contributed by atoms with Gasteiger partial charge in [0.25, 0.3) is 0 Å². The van der Waals surface area contributed by atoms with Crippen LogP contribution >= 0.6 is 0 Å². The molecule has 0 saturated heterocycles. The third kappa shape index (κ3) is 62.3. The summed E-state index contributed by atoms with van der Waals surface area (Å²) in [6.45, 7) is 6.46. The van der Waals surface area contributed by atoms with Crippen molar-refractivity contribution in [2.75, 3.05) is 13.2 Å². The molecule has 0 fully saturated rings. The molecule has 436 valence electrons. The standard InChI is InChI=1S/C71H116O6/c1-4-7-10-13-16-19-21-23-25-27-28-29-30-31-32-33-34-35-36-37-38-39-40-41-42-44-45-47-49-52-55-58-61-64-70(73)76-67-68(66-75-69(72)63-60-57-54-51-18-15-12-9-6-3)77-71(74)65-62-59-56-53-50-48-46-43-26-24-22-20-17-14-11-8-5-2/h7,10,16,19,23-26,28-29,31-32,34-35,37-38,40-41,44-45,49,52,68H,4-6,8-9,11-15,17-18,20-22,27,30,33,36,39,42-43,46-48,50-51,53-67H2,1-3H3/b10-7-,19-16-,25-23-,26-24-,29-28-,32-31-,35-34-,38-37-,41-40-,45-44-,52-49-. The van der Waals surface area contributed by atoms with Crippen molar-refractivity contribution in [1.82, 2.24) is 0 Å². The number of carbonyl (C=O) groups excluding carboxylic acids is 3. The summed E-state index contributed by atoms with van der Waals surface area (Å²) < 4.78 is 16.8. The first-order valence-corrected chi connectivity index (χ1v) is 31.7. The number of carbonyl (C=O) groups is 3. The van der Waals surface area contributed by atoms with E-state index in [0.717, 1.165) is 116 Å². The van der Waals surface area contributed by atoms with Crippen LogP contribution in [0.2, 0.25) is 0 Å². The van der Waals surface area contributed by atoms with Crippen LogP contribution in [0.25, 0.3) is 0 Å². The van der Waals surface area contributed by atoms with Gasteiger partial charge < -0.3 is 14.2 Å². The molecular weight excluding hydrogens is 949 g/mol. The highest BCUT2D eigenvalue weighted by Crippen LogP contribution is 2.15. The number of rotatable bonds is 56. The second kappa shape index (κ2) is 64.1. The van der Waals surface area contributed by atoms with E-state index >= 15 is 0 Å². The van der Waals surface area contributed by atoms with Gasteiger partial charge in [0.2, 0.25) is 0 Å². The molecule has 6 nitrogen and oxygen atoms in total. The van der Waals surface area contributed by atoms with Crippen LogP contribution in [0.3, 0.4) is 0 Å². The van der Waals surface area contributed by atoms with Crippen molar-refractivity contribution in [2.45, 2.75) is 284 Å². The van der Waals surface area contributed by atoms with E-state index in [1.807, 2.05) is 0 Å². The first-order chi connectivity index (χ1) is 38.0. The molecule has 0 aliphatic heterocycles. The normalized spacial score (nSPS) is 13.0. The quantitative estimate of drug-likeness (QED) is 0.0261. The molecule has 0 heterocycles. The van der Waals surface area contributed by atoms with Crippen molar-refractivity contribution in [3.05, 3.63) is 134 Å². The van der Waals surface area contributed by atoms with Gasteiger partial charge in [0.15, 0.2) is 6.10 Å². The number of hydrogen-bond acceptors (Lipinski definition) is 6. The maximum Gasteiger partial charge on any atom is 0.306 e. The van der Waals surface area contributed by atoms with Crippen molar-refractivity contribution < 1.29 is 28.6 Å². The van der Waals surface area contributed by atoms with E-state index in [0.29, 0.717) is 25.7 Å². The summed E-state index contributed by atoms with van der Waals surface area (Å²) in [5.41, 5.74) is 0. The van der Waals surface area contributed by atoms with Crippen LogP contribution in [0.15, 0.2) is 134 Å². The monoisotopic (exact) mass is 1060 g/mol. The van der Waals surface area contributed by atoms with E-state index in [2.05, 4.69) is 154 Å². The molecule has 0 aliphatic carbocycles. The Bertz CT molecular complexity index is 1650. The van der Waals surface area contributed by atoms with Gasteiger partial charge in [0, 0.05) is 19.3 Å². The Hall–Kier alpha value is -4.45. The maximum atomic E-state index is 12.9. The van der Waals surface area contributed by atoms with E-state index in [9.17, 15) is 14.4 Å². The first kappa shape index (κ1) is 72.5. The van der Waals surface area contributed by atoms with Crippen LogP contribution in [0.4, 0.5) is 0 Å². The SMILES string of the molecule is CC/C=C\C/C=C\C/C=C\C/C=C\C/C=C\C/C=C\C/C=C\C/C=C\C/C=C\C/C=C\CCCCC(=O)OCC(COC(=O)CCCCCCCCCCC)OC(=O)CCCCCCCCC/C=C\CCCCCCCC. The van der Waals surface area contributed by atoms with Crippen LogP contribution in [0, 0.1) is 0 Å². The second-order valence-electron chi connectivity index (χ2n) is 20.6. The van der Waals surface area contributed by atoms with Crippen LogP contribution < -0.4 is 0 Å². The highest BCUT2D eigenvalue weighted by atomic mass is 16.6. The molecule has 0 aromatic heterocycles. The summed E-state index contributed by atoms with van der Waals surface area (Å²) >= 11 is 0. The zero-order chi connectivity index (χ0) is 55.7. The van der Waals surface area contributed by atoms with Gasteiger partial charge in [-0.1, -0.05) is 270 Å². The summed E-state index contributed by atoms with van der Waals surface area (Å²) in [4.78, 5) is 38.1. The predicted molar refractivity (Wildman–Crippen MR) is 334 cm³/mol. The largest absolute Gasteiger partial charge is 0.462 e. The minimum atomic E-state index is -0.800. The van der Waals surface area contributed by atoms with Crippen LogP contribution in [-0.2, 0) is 28.6 Å². The fourth-order valence-electron chi connectivity index (χ4n) is 8.41. The molecule has 0 aromatic carbocycles. The number of hydrogen-bond donors (Lipinski definition) is 0. The van der Waals surface area contributed by atoms with Gasteiger partial charge in [-0.15, -0.1) is 0 Å². The van der Waals surface area contributed by atoms with Gasteiger partial charge in [-0.05, 0) is 122 Å². The first-order valence-electron chi connectivity index (χ1n) is 31.7. The molecule has 0 spiro atoms. The van der Waals surface area contributed by atoms with E-state index in [-0.39, 0.29) is 31.1 Å². The van der Waals surface area contributed by atoms with Crippen LogP contribution in [0.1, 0.15) is 278 Å². The van der Waals surface area contributed by atoms with Crippen LogP contribution in [0.5, 0.6) is 0 Å². The molecule has 6 heteroatoms. The van der Waals surface area contributed by atoms with Gasteiger partial charge >= 0.3 is 17.9 Å². The topological polar surface area (TPSA) is 78.9 Å². The van der Waals surface area contributed by atoms with Crippen molar-refractivity contribution >= 4 is 17.9 Å². The summed E-state index contributed by atoms with van der Waals surface area (Å²) in [6.07, 6.45) is 90.4. The average Bonchev–Trinajstić information content (AvgIpc) is 3.43. The van der Waals surface area contributed by atoms with E-state index < -0.39 is 6.10 Å². The Morgan fingerprint density at radius 1 is 0.273 bits per heavy atom. The van der Waals surface area contributed by atoms with Gasteiger partial charge in [-0.2, -0.15) is 0 Å². The van der Waals surface area contributed by atoms with Crippen LogP contribution in [-0.4, -0.2) is 37.2 Å². The third-order valence-electron chi connectivity index (χ3n) is 13.1. The van der Waals surface area contributed by atoms with Crippen molar-refractivity contribution in [3.63, 3.8) is 0 Å². The molecule has 1 unspecified atom stereocenters. The zero-order valence-corrected chi connectivity index (χ0v) is 49.9. The molecule has 0 radical (unpaired) electrons. The zero-order valence-electron chi connectivity index (χ0n) is 49.9. The number of unbranched alkanes of at least 4 members (excludes halogenated alkanes) is 23. The summed E-state index contributed by atoms with van der Waals surface area (Å²) in [6, 6.07) is 0. The lowest BCUT2D eigenvalue weighted by Crippen LogP contribution is -2.30. The lowest BCUT2D eigenvalue weighted by atomic mass is 10.1. The molecule has 0 saturated carbocycles. The van der Waals surface area contributed by atoms with Gasteiger partial charge in [-0.25, -0.2) is 0 Å². The van der Waals surface area contributed by atoms with Crippen molar-refractivity contribution in [2.24, 2.45) is 0 Å². The Labute approximate surface area is 475 Å². The Balaban J connectivity index is 4.31. The molecule has 1 atom stereocenters. The molecule has 77 heavy (non-hydrogen) atoms. The number of ether oxygens (including phenoxy) is 3. The minimum Gasteiger partial charge on any atom is -0.462 e. The number of allylic oxidation sites excluding steroid dienone is 22. The molecular formula is C71H116O6. The highest BCUT2D eigenvalue weighted by Gasteiger charge is 2.19. The molecule has 0 aliphatic rings. The maximum absolute atomic E-state index is 12.9. The Morgan fingerprint density at radius 3 is 0.831 bits per heavy atom. The highest BCUT2D eigenvalue weighted by molar-refractivity contribution is 5.71. The van der Waals surface area contributed by atoms with E-state index in [1.165, 1.54) is 116 Å². The molecule has 0 rings (SSSR count). The average molecular weight is 1070 g/mol. The summed E-state index contributed by atoms with van der Waals surface area (Å²) in [7, 11) is 0. The fraction of sp³-hybridized carbons (Fsp3) is 0.648. The minimum absolute atomic E-state index is 0.0945. The second-order valence-corrected chi connectivity index (χ2v) is 20.6. The summed E-state index contributed by atoms with van der Waals surface area (Å²) in [5, 5.41) is 0.